The topological polar surface area (TPSA) is 49.4 Å². The van der Waals surface area contributed by atoms with E-state index in [9.17, 15) is 12.8 Å². The predicted molar refractivity (Wildman–Crippen MR) is 76.3 cm³/mol. The molecular formula is C14H21FN2O2S. The highest BCUT2D eigenvalue weighted by molar-refractivity contribution is 7.89. The normalized spacial score (nSPS) is 16.4. The molecule has 0 radical (unpaired) electrons. The van der Waals surface area contributed by atoms with Crippen molar-refractivity contribution in [3.63, 3.8) is 0 Å². The molecular weight excluding hydrogens is 279 g/mol. The number of nitrogens with zero attached hydrogens (tertiary/aromatic N) is 1. The Kier molecular flexibility index (Phi) is 4.78. The van der Waals surface area contributed by atoms with Crippen molar-refractivity contribution in [2.45, 2.75) is 30.7 Å². The SMILES string of the molecule is CNCc1cc(S(=O)(=O)N(C)CC2CCC2)ccc1F. The van der Waals surface area contributed by atoms with Crippen LogP contribution in [0, 0.1) is 11.7 Å². The second kappa shape index (κ2) is 6.20. The average Bonchev–Trinajstić information content (AvgIpc) is 2.36. The maximum atomic E-state index is 13.6. The van der Waals surface area contributed by atoms with Gasteiger partial charge in [0.05, 0.1) is 4.90 Å². The summed E-state index contributed by atoms with van der Waals surface area (Å²) in [5.41, 5.74) is 0.366. The van der Waals surface area contributed by atoms with Gasteiger partial charge in [-0.3, -0.25) is 0 Å². The molecule has 1 fully saturated rings. The third kappa shape index (κ3) is 3.19. The van der Waals surface area contributed by atoms with E-state index in [1.807, 2.05) is 0 Å². The molecule has 112 valence electrons. The summed E-state index contributed by atoms with van der Waals surface area (Å²) in [4.78, 5) is 0.158. The molecule has 2 rings (SSSR count). The molecule has 0 aliphatic heterocycles. The fraction of sp³-hybridized carbons (Fsp3) is 0.571. The monoisotopic (exact) mass is 300 g/mol. The summed E-state index contributed by atoms with van der Waals surface area (Å²) in [6.45, 7) is 0.850. The number of hydrogen-bond donors (Lipinski definition) is 1. The smallest absolute Gasteiger partial charge is 0.242 e. The van der Waals surface area contributed by atoms with Gasteiger partial charge >= 0.3 is 0 Å². The second-order valence-electron chi connectivity index (χ2n) is 5.37. The molecule has 1 aliphatic rings. The van der Waals surface area contributed by atoms with Gasteiger partial charge in [0, 0.05) is 25.7 Å². The highest BCUT2D eigenvalue weighted by Gasteiger charge is 2.27. The molecule has 6 heteroatoms. The highest BCUT2D eigenvalue weighted by Crippen LogP contribution is 2.28. The first-order valence-corrected chi connectivity index (χ1v) is 8.28. The van der Waals surface area contributed by atoms with E-state index in [-0.39, 0.29) is 10.7 Å². The van der Waals surface area contributed by atoms with E-state index in [1.165, 1.54) is 28.9 Å². The average molecular weight is 300 g/mol. The van der Waals surface area contributed by atoms with Gasteiger partial charge in [-0.05, 0) is 44.0 Å². The van der Waals surface area contributed by atoms with Crippen molar-refractivity contribution >= 4 is 10.0 Å². The largest absolute Gasteiger partial charge is 0.316 e. The van der Waals surface area contributed by atoms with Crippen molar-refractivity contribution in [1.82, 2.24) is 9.62 Å². The first-order chi connectivity index (χ1) is 9.45. The molecule has 0 amide bonds. The van der Waals surface area contributed by atoms with Crippen LogP contribution in [0.4, 0.5) is 4.39 Å². The van der Waals surface area contributed by atoms with E-state index >= 15 is 0 Å². The number of halogens is 1. The Morgan fingerprint density at radius 3 is 2.65 bits per heavy atom. The lowest BCUT2D eigenvalue weighted by atomic mass is 9.86. The van der Waals surface area contributed by atoms with Gasteiger partial charge in [0.2, 0.25) is 10.0 Å². The lowest BCUT2D eigenvalue weighted by molar-refractivity contribution is 0.263. The number of nitrogens with one attached hydrogen (secondary N) is 1. The minimum atomic E-state index is -3.53. The molecule has 0 bridgehead atoms. The van der Waals surface area contributed by atoms with E-state index in [4.69, 9.17) is 0 Å². The number of hydrogen-bond acceptors (Lipinski definition) is 3. The van der Waals surface area contributed by atoms with Crippen molar-refractivity contribution in [3.8, 4) is 0 Å². The quantitative estimate of drug-likeness (QED) is 0.874. The molecule has 1 saturated carbocycles. The Balaban J connectivity index is 2.21. The molecule has 1 aliphatic carbocycles. The summed E-state index contributed by atoms with van der Waals surface area (Å²) in [6, 6.07) is 3.97. The van der Waals surface area contributed by atoms with Gasteiger partial charge in [-0.15, -0.1) is 0 Å². The van der Waals surface area contributed by atoms with Gasteiger partial charge in [-0.2, -0.15) is 0 Å². The van der Waals surface area contributed by atoms with Crippen LogP contribution in [0.1, 0.15) is 24.8 Å². The Morgan fingerprint density at radius 1 is 1.40 bits per heavy atom. The van der Waals surface area contributed by atoms with Crippen LogP contribution >= 0.6 is 0 Å². The van der Waals surface area contributed by atoms with Crippen LogP contribution in [-0.2, 0) is 16.6 Å². The Morgan fingerprint density at radius 2 is 2.10 bits per heavy atom. The first-order valence-electron chi connectivity index (χ1n) is 6.84. The molecule has 0 atom stereocenters. The zero-order chi connectivity index (χ0) is 14.8. The predicted octanol–water partition coefficient (Wildman–Crippen LogP) is 1.97. The van der Waals surface area contributed by atoms with E-state index in [0.29, 0.717) is 24.6 Å². The van der Waals surface area contributed by atoms with Gasteiger partial charge in [-0.25, -0.2) is 17.1 Å². The van der Waals surface area contributed by atoms with Crippen molar-refractivity contribution in [2.75, 3.05) is 20.6 Å². The molecule has 0 unspecified atom stereocenters. The first kappa shape index (κ1) is 15.4. The van der Waals surface area contributed by atoms with Crippen LogP contribution in [0.3, 0.4) is 0 Å². The number of sulfonamides is 1. The third-order valence-corrected chi connectivity index (χ3v) is 5.65. The lowest BCUT2D eigenvalue weighted by Gasteiger charge is -2.29. The van der Waals surface area contributed by atoms with Crippen LogP contribution in [0.5, 0.6) is 0 Å². The maximum Gasteiger partial charge on any atom is 0.242 e. The third-order valence-electron chi connectivity index (χ3n) is 3.83. The molecule has 0 aromatic heterocycles. The van der Waals surface area contributed by atoms with E-state index < -0.39 is 10.0 Å². The zero-order valence-electron chi connectivity index (χ0n) is 11.9. The summed E-state index contributed by atoms with van der Waals surface area (Å²) in [5.74, 6) is 0.0759. The fourth-order valence-corrected chi connectivity index (χ4v) is 3.65. The van der Waals surface area contributed by atoms with Gasteiger partial charge in [0.15, 0.2) is 0 Å². The van der Waals surface area contributed by atoms with Crippen LogP contribution in [0.25, 0.3) is 0 Å². The van der Waals surface area contributed by atoms with E-state index in [0.717, 1.165) is 12.8 Å². The standard InChI is InChI=1S/C14H21FN2O2S/c1-16-9-12-8-13(6-7-14(12)15)20(18,19)17(2)10-11-4-3-5-11/h6-8,11,16H,3-5,9-10H2,1-2H3. The molecule has 0 spiro atoms. The lowest BCUT2D eigenvalue weighted by Crippen LogP contribution is -2.34. The molecule has 20 heavy (non-hydrogen) atoms. The van der Waals surface area contributed by atoms with Crippen LogP contribution in [-0.4, -0.2) is 33.4 Å². The zero-order valence-corrected chi connectivity index (χ0v) is 12.7. The van der Waals surface area contributed by atoms with Crippen LogP contribution in [0.15, 0.2) is 23.1 Å². The minimum absolute atomic E-state index is 0.158. The summed E-state index contributed by atoms with van der Waals surface area (Å²) in [6.07, 6.45) is 3.37. The summed E-state index contributed by atoms with van der Waals surface area (Å²) in [7, 11) is -0.239. The molecule has 4 nitrogen and oxygen atoms in total. The Hall–Kier alpha value is -0.980. The van der Waals surface area contributed by atoms with Gasteiger partial charge in [0.1, 0.15) is 5.82 Å². The molecule has 1 N–H and O–H groups in total. The second-order valence-corrected chi connectivity index (χ2v) is 7.41. The summed E-state index contributed by atoms with van der Waals surface area (Å²) < 4.78 is 39.9. The molecule has 0 saturated heterocycles. The van der Waals surface area contributed by atoms with Gasteiger partial charge < -0.3 is 5.32 Å². The fourth-order valence-electron chi connectivity index (χ4n) is 2.35. The summed E-state index contributed by atoms with van der Waals surface area (Å²) in [5, 5.41) is 2.83. The van der Waals surface area contributed by atoms with E-state index in [1.54, 1.807) is 14.1 Å². The van der Waals surface area contributed by atoms with Crippen molar-refractivity contribution in [3.05, 3.63) is 29.6 Å². The van der Waals surface area contributed by atoms with Crippen LogP contribution in [0.2, 0.25) is 0 Å². The molecule has 1 aromatic rings. The van der Waals surface area contributed by atoms with Crippen LogP contribution < -0.4 is 5.32 Å². The van der Waals surface area contributed by atoms with Gasteiger partial charge in [-0.1, -0.05) is 6.42 Å². The van der Waals surface area contributed by atoms with Crippen molar-refractivity contribution in [1.29, 1.82) is 0 Å². The summed E-state index contributed by atoms with van der Waals surface area (Å²) >= 11 is 0. The van der Waals surface area contributed by atoms with Gasteiger partial charge in [0.25, 0.3) is 0 Å². The Bertz CT molecular complexity index is 571. The minimum Gasteiger partial charge on any atom is -0.316 e. The molecule has 1 aromatic carbocycles. The highest BCUT2D eigenvalue weighted by atomic mass is 32.2. The van der Waals surface area contributed by atoms with Crippen molar-refractivity contribution < 1.29 is 12.8 Å². The Labute approximate surface area is 120 Å². The number of benzene rings is 1. The van der Waals surface area contributed by atoms with Crippen molar-refractivity contribution in [2.24, 2.45) is 5.92 Å². The maximum absolute atomic E-state index is 13.6. The number of rotatable bonds is 6. The van der Waals surface area contributed by atoms with E-state index in [2.05, 4.69) is 5.32 Å². The molecule has 0 heterocycles.